The minimum Gasteiger partial charge on any atom is -0.356 e. The Balaban J connectivity index is 0.00000364. The second-order valence-corrected chi connectivity index (χ2v) is 6.74. The normalized spacial score (nSPS) is 16.7. The maximum Gasteiger partial charge on any atom is 0.401 e. The van der Waals surface area contributed by atoms with E-state index in [1.165, 1.54) is 4.90 Å². The van der Waals surface area contributed by atoms with Crippen molar-refractivity contribution in [2.45, 2.75) is 38.9 Å². The van der Waals surface area contributed by atoms with Gasteiger partial charge < -0.3 is 10.6 Å². The molecule has 0 amide bonds. The van der Waals surface area contributed by atoms with Crippen LogP contribution in [0.2, 0.25) is 0 Å². The number of nitrogens with one attached hydrogen (secondary N) is 2. The predicted octanol–water partition coefficient (Wildman–Crippen LogP) is 3.34. The van der Waals surface area contributed by atoms with Gasteiger partial charge in [-0.05, 0) is 56.8 Å². The first-order valence-electron chi connectivity index (χ1n) is 9.01. The number of hydrogen-bond acceptors (Lipinski definition) is 3. The lowest BCUT2D eigenvalue weighted by atomic mass is 9.93. The quantitative estimate of drug-likeness (QED) is 0.358. The van der Waals surface area contributed by atoms with Crippen molar-refractivity contribution in [1.29, 1.82) is 0 Å². The number of rotatable bonds is 6. The molecule has 1 saturated heterocycles. The number of guanidine groups is 1. The van der Waals surface area contributed by atoms with Crippen LogP contribution in [-0.2, 0) is 6.54 Å². The Morgan fingerprint density at radius 1 is 1.30 bits per heavy atom. The van der Waals surface area contributed by atoms with E-state index in [1.807, 2.05) is 19.1 Å². The molecule has 0 atom stereocenters. The molecule has 0 bridgehead atoms. The summed E-state index contributed by atoms with van der Waals surface area (Å²) in [7, 11) is 1.72. The number of alkyl halides is 3. The number of likely N-dealkylation sites (tertiary alicyclic amines) is 1. The van der Waals surface area contributed by atoms with E-state index in [2.05, 4.69) is 20.6 Å². The topological polar surface area (TPSA) is 52.6 Å². The molecule has 0 unspecified atom stereocenters. The minimum atomic E-state index is -4.10. The van der Waals surface area contributed by atoms with Crippen LogP contribution in [0.1, 0.15) is 30.5 Å². The van der Waals surface area contributed by atoms with Crippen LogP contribution in [0.25, 0.3) is 0 Å². The molecule has 0 spiro atoms. The summed E-state index contributed by atoms with van der Waals surface area (Å²) in [5.74, 6) is 1.17. The molecule has 2 N–H and O–H groups in total. The monoisotopic (exact) mass is 499 g/mol. The van der Waals surface area contributed by atoms with Crippen molar-refractivity contribution in [2.75, 3.05) is 33.2 Å². The van der Waals surface area contributed by atoms with E-state index in [9.17, 15) is 13.2 Å². The zero-order valence-corrected chi connectivity index (χ0v) is 18.2. The van der Waals surface area contributed by atoms with Crippen LogP contribution in [-0.4, -0.2) is 55.2 Å². The van der Waals surface area contributed by atoms with E-state index in [4.69, 9.17) is 0 Å². The number of aromatic nitrogens is 1. The predicted molar refractivity (Wildman–Crippen MR) is 112 cm³/mol. The highest BCUT2D eigenvalue weighted by molar-refractivity contribution is 14.0. The van der Waals surface area contributed by atoms with Gasteiger partial charge in [0.2, 0.25) is 0 Å². The molecule has 0 aliphatic carbocycles. The van der Waals surface area contributed by atoms with Crippen LogP contribution in [0.15, 0.2) is 23.3 Å². The van der Waals surface area contributed by atoms with Crippen molar-refractivity contribution in [3.05, 3.63) is 29.6 Å². The number of hydrogen-bond donors (Lipinski definition) is 2. The lowest BCUT2D eigenvalue weighted by molar-refractivity contribution is -0.148. The summed E-state index contributed by atoms with van der Waals surface area (Å²) >= 11 is 0. The number of pyridine rings is 1. The summed E-state index contributed by atoms with van der Waals surface area (Å²) in [5, 5.41) is 6.51. The van der Waals surface area contributed by atoms with Crippen molar-refractivity contribution in [2.24, 2.45) is 10.9 Å². The molecule has 1 aliphatic heterocycles. The van der Waals surface area contributed by atoms with Gasteiger partial charge in [-0.2, -0.15) is 13.2 Å². The number of aryl methyl sites for hydroxylation is 1. The number of halogens is 4. The molecule has 1 aromatic heterocycles. The smallest absolute Gasteiger partial charge is 0.356 e. The minimum absolute atomic E-state index is 0. The van der Waals surface area contributed by atoms with Crippen molar-refractivity contribution in [3.8, 4) is 0 Å². The average Bonchev–Trinajstić information content (AvgIpc) is 2.59. The zero-order chi connectivity index (χ0) is 19.0. The van der Waals surface area contributed by atoms with Crippen molar-refractivity contribution in [3.63, 3.8) is 0 Å². The second-order valence-electron chi connectivity index (χ2n) is 6.74. The van der Waals surface area contributed by atoms with Gasteiger partial charge in [0, 0.05) is 19.8 Å². The maximum absolute atomic E-state index is 12.4. The molecule has 0 aromatic carbocycles. The summed E-state index contributed by atoms with van der Waals surface area (Å²) in [6.45, 7) is 3.63. The molecule has 0 saturated carbocycles. The van der Waals surface area contributed by atoms with Gasteiger partial charge in [-0.25, -0.2) is 0 Å². The number of nitrogens with zero attached hydrogens (tertiary/aromatic N) is 3. The van der Waals surface area contributed by atoms with Crippen LogP contribution >= 0.6 is 24.0 Å². The summed E-state index contributed by atoms with van der Waals surface area (Å²) in [4.78, 5) is 10.0. The van der Waals surface area contributed by atoms with Crippen molar-refractivity contribution >= 4 is 29.9 Å². The van der Waals surface area contributed by atoms with Gasteiger partial charge in [-0.3, -0.25) is 14.9 Å². The second kappa shape index (κ2) is 11.7. The van der Waals surface area contributed by atoms with E-state index in [-0.39, 0.29) is 24.0 Å². The molecule has 9 heteroatoms. The molecular formula is C18H29F3IN5. The Kier molecular flexibility index (Phi) is 10.4. The van der Waals surface area contributed by atoms with Gasteiger partial charge >= 0.3 is 6.18 Å². The van der Waals surface area contributed by atoms with Gasteiger partial charge in [0.25, 0.3) is 0 Å². The Morgan fingerprint density at radius 3 is 2.59 bits per heavy atom. The third-order valence-electron chi connectivity index (χ3n) is 4.72. The Hall–Kier alpha value is -1.10. The first-order chi connectivity index (χ1) is 12.4. The fourth-order valence-corrected chi connectivity index (χ4v) is 3.17. The summed E-state index contributed by atoms with van der Waals surface area (Å²) in [6, 6.07) is 3.93. The lowest BCUT2D eigenvalue weighted by Crippen LogP contribution is -2.41. The first-order valence-corrected chi connectivity index (χ1v) is 9.01. The molecule has 2 heterocycles. The molecule has 1 aliphatic rings. The van der Waals surface area contributed by atoms with Gasteiger partial charge in [0.05, 0.1) is 18.8 Å². The standard InChI is InChI=1S/C18H28F3N5.HI/c1-14-4-3-8-23-16(14)12-25-17(22-2)24-9-5-15-6-10-26(11-7-15)13-18(19,20)21;/h3-4,8,15H,5-7,9-13H2,1-2H3,(H2,22,24,25);1H. The van der Waals surface area contributed by atoms with E-state index >= 15 is 0 Å². The fourth-order valence-electron chi connectivity index (χ4n) is 3.17. The van der Waals surface area contributed by atoms with E-state index < -0.39 is 12.7 Å². The van der Waals surface area contributed by atoms with Gasteiger partial charge in [0.15, 0.2) is 5.96 Å². The molecular weight excluding hydrogens is 470 g/mol. The largest absolute Gasteiger partial charge is 0.401 e. The Morgan fingerprint density at radius 2 is 2.00 bits per heavy atom. The molecule has 1 fully saturated rings. The van der Waals surface area contributed by atoms with Crippen molar-refractivity contribution < 1.29 is 13.2 Å². The van der Waals surface area contributed by atoms with Crippen LogP contribution in [0.5, 0.6) is 0 Å². The molecule has 1 aromatic rings. The van der Waals surface area contributed by atoms with Crippen LogP contribution in [0.4, 0.5) is 13.2 Å². The number of aliphatic imine (C=N–C) groups is 1. The molecule has 5 nitrogen and oxygen atoms in total. The van der Waals surface area contributed by atoms with Gasteiger partial charge in [0.1, 0.15) is 0 Å². The summed E-state index contributed by atoms with van der Waals surface area (Å²) < 4.78 is 37.2. The maximum atomic E-state index is 12.4. The molecule has 27 heavy (non-hydrogen) atoms. The Bertz CT molecular complexity index is 587. The highest BCUT2D eigenvalue weighted by Gasteiger charge is 2.32. The van der Waals surface area contributed by atoms with Crippen molar-refractivity contribution in [1.82, 2.24) is 20.5 Å². The third kappa shape index (κ3) is 9.09. The van der Waals surface area contributed by atoms with Crippen LogP contribution < -0.4 is 10.6 Å². The average molecular weight is 499 g/mol. The summed E-state index contributed by atoms with van der Waals surface area (Å²) in [5.41, 5.74) is 2.11. The highest BCUT2D eigenvalue weighted by atomic mass is 127. The summed E-state index contributed by atoms with van der Waals surface area (Å²) in [6.07, 6.45) is 0.237. The lowest BCUT2D eigenvalue weighted by Gasteiger charge is -2.32. The van der Waals surface area contributed by atoms with E-state index in [0.717, 1.165) is 37.1 Å². The first kappa shape index (κ1) is 23.9. The molecule has 154 valence electrons. The van der Waals surface area contributed by atoms with E-state index in [1.54, 1.807) is 13.2 Å². The molecule has 2 rings (SSSR count). The van der Waals surface area contributed by atoms with Crippen LogP contribution in [0.3, 0.4) is 0 Å². The molecule has 0 radical (unpaired) electrons. The van der Waals surface area contributed by atoms with Gasteiger partial charge in [-0.1, -0.05) is 6.07 Å². The third-order valence-corrected chi connectivity index (χ3v) is 4.72. The highest BCUT2D eigenvalue weighted by Crippen LogP contribution is 2.23. The van der Waals surface area contributed by atoms with Crippen LogP contribution in [0, 0.1) is 12.8 Å². The fraction of sp³-hybridized carbons (Fsp3) is 0.667. The number of piperidine rings is 1. The SMILES string of the molecule is CN=C(NCCC1CCN(CC(F)(F)F)CC1)NCc1ncccc1C.I. The Labute approximate surface area is 176 Å². The zero-order valence-electron chi connectivity index (χ0n) is 15.9. The van der Waals surface area contributed by atoms with E-state index in [0.29, 0.717) is 31.5 Å². The van der Waals surface area contributed by atoms with Gasteiger partial charge in [-0.15, -0.1) is 24.0 Å².